The van der Waals surface area contributed by atoms with E-state index in [9.17, 15) is 20.0 Å². The molecule has 0 amide bonds. The van der Waals surface area contributed by atoms with Crippen molar-refractivity contribution in [3.05, 3.63) is 64.2 Å². The lowest BCUT2D eigenvalue weighted by molar-refractivity contribution is -0.384. The molecule has 2 aromatic rings. The van der Waals surface area contributed by atoms with Gasteiger partial charge in [-0.15, -0.1) is 0 Å². The molecule has 0 aliphatic rings. The fraction of sp³-hybridized carbons (Fsp3) is 0.188. The lowest BCUT2D eigenvalue weighted by atomic mass is 10.0. The molecule has 2 aromatic carbocycles. The van der Waals surface area contributed by atoms with Crippen LogP contribution in [0.2, 0.25) is 0 Å². The first kappa shape index (κ1) is 15.7. The van der Waals surface area contributed by atoms with Gasteiger partial charge in [0.05, 0.1) is 17.1 Å². The fourth-order valence-electron chi connectivity index (χ4n) is 2.08. The van der Waals surface area contributed by atoms with Crippen LogP contribution in [0.15, 0.2) is 48.5 Å². The van der Waals surface area contributed by atoms with Crippen LogP contribution >= 0.6 is 0 Å². The summed E-state index contributed by atoms with van der Waals surface area (Å²) in [5, 5.41) is 20.9. The Balaban J connectivity index is 2.30. The molecule has 0 fully saturated rings. The minimum Gasteiger partial charge on any atom is -0.464 e. The number of para-hydroxylation sites is 1. The van der Waals surface area contributed by atoms with E-state index >= 15 is 0 Å². The quantitative estimate of drug-likeness (QED) is 0.521. The first-order valence-electron chi connectivity index (χ1n) is 6.73. The number of nitrogens with zero attached hydrogens (tertiary/aromatic N) is 1. The molecule has 6 nitrogen and oxygen atoms in total. The van der Waals surface area contributed by atoms with E-state index in [1.807, 2.05) is 0 Å². The molecule has 114 valence electrons. The zero-order valence-electron chi connectivity index (χ0n) is 11.9. The number of carbonyl (C=O) groups excluding carboxylic acids is 1. The second kappa shape index (κ2) is 6.82. The van der Waals surface area contributed by atoms with Crippen LogP contribution in [0.4, 0.5) is 5.69 Å². The predicted molar refractivity (Wildman–Crippen MR) is 80.1 cm³/mol. The summed E-state index contributed by atoms with van der Waals surface area (Å²) in [6, 6.07) is 12.7. The van der Waals surface area contributed by atoms with Gasteiger partial charge in [-0.25, -0.2) is 4.79 Å². The summed E-state index contributed by atoms with van der Waals surface area (Å²) in [4.78, 5) is 22.1. The maximum absolute atomic E-state index is 11.5. The summed E-state index contributed by atoms with van der Waals surface area (Å²) in [5.74, 6) is -0.721. The van der Waals surface area contributed by atoms with Crippen LogP contribution in [0.1, 0.15) is 18.6 Å². The van der Waals surface area contributed by atoms with E-state index in [2.05, 4.69) is 0 Å². The molecule has 0 radical (unpaired) electrons. The molecule has 0 aliphatic heterocycles. The van der Waals surface area contributed by atoms with Crippen LogP contribution in [0.5, 0.6) is 0 Å². The number of aliphatic hydroxyl groups is 1. The van der Waals surface area contributed by atoms with Crippen LogP contribution in [-0.4, -0.2) is 22.6 Å². The fourth-order valence-corrected chi connectivity index (χ4v) is 2.08. The number of ether oxygens (including phenoxy) is 1. The maximum atomic E-state index is 11.5. The summed E-state index contributed by atoms with van der Waals surface area (Å²) in [6.07, 6.45) is -1.36. The Kier molecular flexibility index (Phi) is 4.85. The third kappa shape index (κ3) is 3.29. The van der Waals surface area contributed by atoms with Gasteiger partial charge in [-0.1, -0.05) is 36.4 Å². The van der Waals surface area contributed by atoms with E-state index in [1.54, 1.807) is 49.4 Å². The van der Waals surface area contributed by atoms with Gasteiger partial charge in [-0.2, -0.15) is 0 Å². The molecule has 1 unspecified atom stereocenters. The zero-order valence-corrected chi connectivity index (χ0v) is 11.9. The van der Waals surface area contributed by atoms with Gasteiger partial charge in [0.2, 0.25) is 0 Å². The average Bonchev–Trinajstić information content (AvgIpc) is 2.54. The molecule has 0 spiro atoms. The van der Waals surface area contributed by atoms with Gasteiger partial charge < -0.3 is 9.84 Å². The Labute approximate surface area is 127 Å². The lowest BCUT2D eigenvalue weighted by Gasteiger charge is -2.10. The van der Waals surface area contributed by atoms with Crippen molar-refractivity contribution in [2.24, 2.45) is 0 Å². The van der Waals surface area contributed by atoms with Crippen molar-refractivity contribution in [2.45, 2.75) is 13.0 Å². The van der Waals surface area contributed by atoms with Crippen molar-refractivity contribution >= 4 is 11.7 Å². The van der Waals surface area contributed by atoms with E-state index in [0.717, 1.165) is 0 Å². The number of nitro groups is 1. The summed E-state index contributed by atoms with van der Waals surface area (Å²) in [6.45, 7) is 1.84. The van der Waals surface area contributed by atoms with Gasteiger partial charge in [0.25, 0.3) is 5.69 Å². The molecule has 6 heteroatoms. The van der Waals surface area contributed by atoms with Crippen molar-refractivity contribution in [3.63, 3.8) is 0 Å². The Bertz CT molecular complexity index is 681. The number of nitro benzene ring substituents is 1. The number of carbonyl (C=O) groups is 1. The number of rotatable bonds is 5. The highest BCUT2D eigenvalue weighted by Crippen LogP contribution is 2.30. The average molecular weight is 301 g/mol. The van der Waals surface area contributed by atoms with Crippen LogP contribution in [0.25, 0.3) is 11.1 Å². The van der Waals surface area contributed by atoms with Crippen molar-refractivity contribution in [2.75, 3.05) is 6.61 Å². The molecule has 22 heavy (non-hydrogen) atoms. The molecule has 1 N–H and O–H groups in total. The minimum atomic E-state index is -1.36. The third-order valence-electron chi connectivity index (χ3n) is 3.15. The topological polar surface area (TPSA) is 89.7 Å². The molecular formula is C16H15NO5. The van der Waals surface area contributed by atoms with Gasteiger partial charge in [-0.05, 0) is 24.1 Å². The lowest BCUT2D eigenvalue weighted by Crippen LogP contribution is -2.15. The Morgan fingerprint density at radius 3 is 2.45 bits per heavy atom. The van der Waals surface area contributed by atoms with E-state index in [-0.39, 0.29) is 12.3 Å². The molecule has 1 atom stereocenters. The summed E-state index contributed by atoms with van der Waals surface area (Å²) >= 11 is 0. The molecule has 0 saturated carbocycles. The van der Waals surface area contributed by atoms with Gasteiger partial charge >= 0.3 is 5.97 Å². The van der Waals surface area contributed by atoms with Crippen LogP contribution in [0, 0.1) is 10.1 Å². The first-order valence-corrected chi connectivity index (χ1v) is 6.73. The van der Waals surface area contributed by atoms with Crippen LogP contribution in [-0.2, 0) is 9.53 Å². The van der Waals surface area contributed by atoms with Crippen molar-refractivity contribution in [1.82, 2.24) is 0 Å². The van der Waals surface area contributed by atoms with E-state index in [4.69, 9.17) is 4.74 Å². The second-order valence-electron chi connectivity index (χ2n) is 4.55. The Morgan fingerprint density at radius 1 is 1.23 bits per heavy atom. The maximum Gasteiger partial charge on any atom is 0.339 e. The molecule has 0 saturated heterocycles. The van der Waals surface area contributed by atoms with E-state index in [1.165, 1.54) is 6.07 Å². The normalized spacial score (nSPS) is 11.7. The molecule has 0 aliphatic carbocycles. The first-order chi connectivity index (χ1) is 10.5. The smallest absolute Gasteiger partial charge is 0.339 e. The Morgan fingerprint density at radius 2 is 1.86 bits per heavy atom. The predicted octanol–water partition coefficient (Wildman–Crippen LogP) is 2.86. The molecule has 2 rings (SSSR count). The van der Waals surface area contributed by atoms with E-state index < -0.39 is 17.0 Å². The van der Waals surface area contributed by atoms with E-state index in [0.29, 0.717) is 16.7 Å². The summed E-state index contributed by atoms with van der Waals surface area (Å²) in [7, 11) is 0. The number of hydrogen-bond acceptors (Lipinski definition) is 5. The third-order valence-corrected chi connectivity index (χ3v) is 3.15. The van der Waals surface area contributed by atoms with Crippen LogP contribution in [0.3, 0.4) is 0 Å². The highest BCUT2D eigenvalue weighted by Gasteiger charge is 2.19. The second-order valence-corrected chi connectivity index (χ2v) is 4.55. The molecule has 0 aromatic heterocycles. The highest BCUT2D eigenvalue weighted by atomic mass is 16.6. The van der Waals surface area contributed by atoms with Crippen molar-refractivity contribution in [3.8, 4) is 11.1 Å². The zero-order chi connectivity index (χ0) is 16.1. The highest BCUT2D eigenvalue weighted by molar-refractivity contribution is 5.77. The molecular weight excluding hydrogens is 286 g/mol. The van der Waals surface area contributed by atoms with Gasteiger partial charge in [0, 0.05) is 6.07 Å². The standard InChI is InChI=1S/C16H15NO5/c1-2-22-16(19)15(18)12-9-7-11(8-10-12)13-5-3-4-6-14(13)17(20)21/h3-10,15,18H,2H2,1H3. The number of esters is 1. The SMILES string of the molecule is CCOC(=O)C(O)c1ccc(-c2ccccc2[N+](=O)[O-])cc1. The number of aliphatic hydroxyl groups excluding tert-OH is 1. The van der Waals surface area contributed by atoms with Crippen molar-refractivity contribution < 1.29 is 19.6 Å². The van der Waals surface area contributed by atoms with Gasteiger partial charge in [-0.3, -0.25) is 10.1 Å². The summed E-state index contributed by atoms with van der Waals surface area (Å²) in [5.41, 5.74) is 1.48. The Hall–Kier alpha value is -2.73. The van der Waals surface area contributed by atoms with Gasteiger partial charge in [0.1, 0.15) is 0 Å². The minimum absolute atomic E-state index is 0.00110. The number of hydrogen-bond donors (Lipinski definition) is 1. The molecule has 0 heterocycles. The van der Waals surface area contributed by atoms with Gasteiger partial charge in [0.15, 0.2) is 6.10 Å². The molecule has 0 bridgehead atoms. The van der Waals surface area contributed by atoms with Crippen molar-refractivity contribution in [1.29, 1.82) is 0 Å². The number of benzene rings is 2. The summed E-state index contributed by atoms with van der Waals surface area (Å²) < 4.78 is 4.75. The monoisotopic (exact) mass is 301 g/mol. The largest absolute Gasteiger partial charge is 0.464 e. The van der Waals surface area contributed by atoms with Crippen LogP contribution < -0.4 is 0 Å².